The van der Waals surface area contributed by atoms with Crippen LogP contribution in [0.1, 0.15) is 12.8 Å². The minimum atomic E-state index is -3.80. The average Bonchev–Trinajstić information content (AvgIpc) is 2.54. The van der Waals surface area contributed by atoms with Crippen molar-refractivity contribution in [2.75, 3.05) is 26.3 Å². The fraction of sp³-hybridized carbons (Fsp3) is 0.500. The number of ether oxygens (including phenoxy) is 2. The van der Waals surface area contributed by atoms with Gasteiger partial charge in [-0.15, -0.1) is 0 Å². The van der Waals surface area contributed by atoms with E-state index < -0.39 is 21.9 Å². The number of rotatable bonds is 3. The lowest BCUT2D eigenvalue weighted by molar-refractivity contribution is -0.142. The zero-order valence-electron chi connectivity index (χ0n) is 11.9. The normalized spacial score (nSPS) is 22.3. The van der Waals surface area contributed by atoms with Gasteiger partial charge in [0.15, 0.2) is 11.5 Å². The van der Waals surface area contributed by atoms with Crippen molar-refractivity contribution in [1.82, 2.24) is 4.31 Å². The van der Waals surface area contributed by atoms with Crippen molar-refractivity contribution in [2.45, 2.75) is 17.7 Å². The predicted molar refractivity (Wildman–Crippen MR) is 76.6 cm³/mol. The van der Waals surface area contributed by atoms with Crippen LogP contribution in [-0.2, 0) is 14.8 Å². The summed E-state index contributed by atoms with van der Waals surface area (Å²) < 4.78 is 37.7. The van der Waals surface area contributed by atoms with Gasteiger partial charge in [0.05, 0.1) is 5.92 Å². The molecule has 3 rings (SSSR count). The number of nitrogens with zero attached hydrogens (tertiary/aromatic N) is 1. The van der Waals surface area contributed by atoms with Crippen LogP contribution in [-0.4, -0.2) is 50.1 Å². The van der Waals surface area contributed by atoms with E-state index in [-0.39, 0.29) is 23.8 Å². The van der Waals surface area contributed by atoms with Crippen LogP contribution in [0.15, 0.2) is 23.1 Å². The minimum absolute atomic E-state index is 0.0117. The summed E-state index contributed by atoms with van der Waals surface area (Å²) in [4.78, 5) is 11.2. The molecule has 1 fully saturated rings. The van der Waals surface area contributed by atoms with E-state index in [9.17, 15) is 13.2 Å². The number of hydrogen-bond donors (Lipinski definition) is 1. The molecule has 0 aromatic heterocycles. The molecule has 1 saturated heterocycles. The SMILES string of the molecule is O=C(O)C1CCCN(S(=O)(=O)c2cccc3c2OCCO3)C1. The third kappa shape index (κ3) is 2.64. The highest BCUT2D eigenvalue weighted by Gasteiger charge is 2.36. The topological polar surface area (TPSA) is 93.1 Å². The maximum Gasteiger partial charge on any atom is 0.307 e. The zero-order chi connectivity index (χ0) is 15.7. The highest BCUT2D eigenvalue weighted by molar-refractivity contribution is 7.89. The quantitative estimate of drug-likeness (QED) is 0.888. The van der Waals surface area contributed by atoms with Gasteiger partial charge in [0.1, 0.15) is 18.1 Å². The monoisotopic (exact) mass is 327 g/mol. The van der Waals surface area contributed by atoms with E-state index in [0.717, 1.165) is 0 Å². The number of carbonyl (C=O) groups is 1. The number of carboxylic acid groups (broad SMARTS) is 1. The Balaban J connectivity index is 1.95. The summed E-state index contributed by atoms with van der Waals surface area (Å²) in [6, 6.07) is 4.72. The Morgan fingerprint density at radius 2 is 2.05 bits per heavy atom. The summed E-state index contributed by atoms with van der Waals surface area (Å²) in [7, 11) is -3.80. The van der Waals surface area contributed by atoms with Crippen molar-refractivity contribution in [3.63, 3.8) is 0 Å². The van der Waals surface area contributed by atoms with E-state index in [0.29, 0.717) is 31.7 Å². The predicted octanol–water partition coefficient (Wildman–Crippen LogP) is 0.943. The molecule has 1 unspecified atom stereocenters. The number of fused-ring (bicyclic) bond motifs is 1. The highest BCUT2D eigenvalue weighted by Crippen LogP contribution is 2.38. The Hall–Kier alpha value is -1.80. The molecule has 120 valence electrons. The molecule has 22 heavy (non-hydrogen) atoms. The van der Waals surface area contributed by atoms with Crippen molar-refractivity contribution in [3.05, 3.63) is 18.2 Å². The third-order valence-corrected chi connectivity index (χ3v) is 5.77. The lowest BCUT2D eigenvalue weighted by Gasteiger charge is -2.31. The number of benzene rings is 1. The van der Waals surface area contributed by atoms with Gasteiger partial charge in [-0.05, 0) is 25.0 Å². The molecule has 0 saturated carbocycles. The summed E-state index contributed by atoms with van der Waals surface area (Å²) >= 11 is 0. The van der Waals surface area contributed by atoms with Crippen molar-refractivity contribution in [1.29, 1.82) is 0 Å². The summed E-state index contributed by atoms with van der Waals surface area (Å²) in [6.07, 6.45) is 1.02. The second-order valence-electron chi connectivity index (χ2n) is 5.32. The average molecular weight is 327 g/mol. The second-order valence-corrected chi connectivity index (χ2v) is 7.23. The Morgan fingerprint density at radius 1 is 1.27 bits per heavy atom. The van der Waals surface area contributed by atoms with E-state index in [1.165, 1.54) is 10.4 Å². The van der Waals surface area contributed by atoms with Gasteiger partial charge in [-0.2, -0.15) is 4.31 Å². The molecule has 0 radical (unpaired) electrons. The molecule has 8 heteroatoms. The lowest BCUT2D eigenvalue weighted by atomic mass is 10.0. The number of aliphatic carboxylic acids is 1. The first kappa shape index (κ1) is 15.1. The number of carboxylic acids is 1. The standard InChI is InChI=1S/C14H17NO6S/c16-14(17)10-3-2-6-15(9-10)22(18,19)12-5-1-4-11-13(12)21-8-7-20-11/h1,4-5,10H,2-3,6-9H2,(H,16,17). The molecule has 2 aliphatic heterocycles. The maximum atomic E-state index is 12.8. The van der Waals surface area contributed by atoms with Crippen LogP contribution in [0.2, 0.25) is 0 Å². The van der Waals surface area contributed by atoms with E-state index in [4.69, 9.17) is 14.6 Å². The maximum absolute atomic E-state index is 12.8. The minimum Gasteiger partial charge on any atom is -0.486 e. The highest BCUT2D eigenvalue weighted by atomic mass is 32.2. The molecule has 0 amide bonds. The summed E-state index contributed by atoms with van der Waals surface area (Å²) in [5.41, 5.74) is 0. The van der Waals surface area contributed by atoms with Crippen LogP contribution in [0.3, 0.4) is 0 Å². The van der Waals surface area contributed by atoms with Crippen LogP contribution in [0.4, 0.5) is 0 Å². The Morgan fingerprint density at radius 3 is 2.82 bits per heavy atom. The first-order chi connectivity index (χ1) is 10.5. The van der Waals surface area contributed by atoms with Gasteiger partial charge in [-0.25, -0.2) is 8.42 Å². The lowest BCUT2D eigenvalue weighted by Crippen LogP contribution is -2.42. The van der Waals surface area contributed by atoms with E-state index in [1.54, 1.807) is 12.1 Å². The molecule has 1 N–H and O–H groups in total. The molecular weight excluding hydrogens is 310 g/mol. The molecular formula is C14H17NO6S. The molecule has 2 aliphatic rings. The second kappa shape index (κ2) is 5.77. The number of hydrogen-bond acceptors (Lipinski definition) is 5. The summed E-state index contributed by atoms with van der Waals surface area (Å²) in [6.45, 7) is 0.970. The van der Waals surface area contributed by atoms with Gasteiger partial charge < -0.3 is 14.6 Å². The fourth-order valence-electron chi connectivity index (χ4n) is 2.75. The zero-order valence-corrected chi connectivity index (χ0v) is 12.7. The number of sulfonamides is 1. The largest absolute Gasteiger partial charge is 0.486 e. The molecule has 2 heterocycles. The first-order valence-corrected chi connectivity index (χ1v) is 8.56. The number of piperidine rings is 1. The molecule has 1 aromatic rings. The Kier molecular flexibility index (Phi) is 3.96. The van der Waals surface area contributed by atoms with Gasteiger partial charge in [0.2, 0.25) is 10.0 Å². The smallest absolute Gasteiger partial charge is 0.307 e. The van der Waals surface area contributed by atoms with Gasteiger partial charge in [-0.1, -0.05) is 6.07 Å². The van der Waals surface area contributed by atoms with Crippen LogP contribution in [0.5, 0.6) is 11.5 Å². The summed E-state index contributed by atoms with van der Waals surface area (Å²) in [5, 5.41) is 9.12. The Bertz CT molecular complexity index is 687. The van der Waals surface area contributed by atoms with Gasteiger partial charge in [-0.3, -0.25) is 4.79 Å². The van der Waals surface area contributed by atoms with Crippen molar-refractivity contribution >= 4 is 16.0 Å². The molecule has 0 bridgehead atoms. The van der Waals surface area contributed by atoms with E-state index in [1.807, 2.05) is 0 Å². The third-order valence-electron chi connectivity index (χ3n) is 3.88. The summed E-state index contributed by atoms with van der Waals surface area (Å²) in [5.74, 6) is -1.01. The fourth-order valence-corrected chi connectivity index (χ4v) is 4.42. The number of para-hydroxylation sites is 1. The molecule has 7 nitrogen and oxygen atoms in total. The van der Waals surface area contributed by atoms with E-state index >= 15 is 0 Å². The first-order valence-electron chi connectivity index (χ1n) is 7.12. The Labute approximate surface area is 128 Å². The van der Waals surface area contributed by atoms with Crippen molar-refractivity contribution < 1.29 is 27.8 Å². The van der Waals surface area contributed by atoms with Crippen LogP contribution in [0.25, 0.3) is 0 Å². The van der Waals surface area contributed by atoms with E-state index in [2.05, 4.69) is 0 Å². The van der Waals surface area contributed by atoms with Gasteiger partial charge in [0.25, 0.3) is 0 Å². The van der Waals surface area contributed by atoms with Gasteiger partial charge in [0, 0.05) is 13.1 Å². The molecule has 1 atom stereocenters. The van der Waals surface area contributed by atoms with Crippen molar-refractivity contribution in [2.24, 2.45) is 5.92 Å². The van der Waals surface area contributed by atoms with Crippen LogP contribution >= 0.6 is 0 Å². The molecule has 0 spiro atoms. The van der Waals surface area contributed by atoms with Crippen LogP contribution < -0.4 is 9.47 Å². The van der Waals surface area contributed by atoms with Crippen molar-refractivity contribution in [3.8, 4) is 11.5 Å². The molecule has 1 aromatic carbocycles. The molecule has 0 aliphatic carbocycles. The van der Waals surface area contributed by atoms with Crippen LogP contribution in [0, 0.1) is 5.92 Å². The van der Waals surface area contributed by atoms with Gasteiger partial charge >= 0.3 is 5.97 Å².